The maximum Gasteiger partial charge on any atom is 0.166 e. The van der Waals surface area contributed by atoms with Crippen LogP contribution < -0.4 is 0 Å². The molecule has 2 aromatic rings. The molecule has 82 valence electrons. The molecule has 0 N–H and O–H groups in total. The van der Waals surface area contributed by atoms with E-state index in [0.29, 0.717) is 11.3 Å². The highest BCUT2D eigenvalue weighted by molar-refractivity contribution is 5.72. The van der Waals surface area contributed by atoms with Crippen LogP contribution in [0.3, 0.4) is 0 Å². The molecule has 2 rings (SSSR count). The van der Waals surface area contributed by atoms with Gasteiger partial charge in [-0.3, -0.25) is 4.79 Å². The third-order valence-electron chi connectivity index (χ3n) is 2.71. The average molecular weight is 217 g/mol. The molecule has 0 radical (unpaired) electrons. The van der Waals surface area contributed by atoms with Crippen LogP contribution in [0.4, 0.5) is 4.39 Å². The fraction of sp³-hybridized carbons (Fsp3) is 0.154. The van der Waals surface area contributed by atoms with Crippen molar-refractivity contribution in [3.63, 3.8) is 0 Å². The number of carbonyl (C=O) groups excluding carboxylic acids is 1. The van der Waals surface area contributed by atoms with Gasteiger partial charge in [0.05, 0.1) is 11.7 Å². The lowest BCUT2D eigenvalue weighted by atomic mass is 10.1. The van der Waals surface area contributed by atoms with Crippen molar-refractivity contribution < 1.29 is 9.18 Å². The Morgan fingerprint density at radius 2 is 2.00 bits per heavy atom. The molecule has 1 atom stereocenters. The summed E-state index contributed by atoms with van der Waals surface area (Å²) >= 11 is 0. The lowest BCUT2D eigenvalue weighted by Crippen LogP contribution is -2.10. The minimum absolute atomic E-state index is 0.184. The second-order valence-corrected chi connectivity index (χ2v) is 3.66. The number of halogens is 1. The Balaban J connectivity index is 2.43. The Hall–Kier alpha value is -1.90. The fourth-order valence-corrected chi connectivity index (χ4v) is 1.82. The van der Waals surface area contributed by atoms with Gasteiger partial charge in [-0.15, -0.1) is 0 Å². The molecule has 0 amide bonds. The summed E-state index contributed by atoms with van der Waals surface area (Å²) in [5.74, 6) is -0.249. The molecule has 0 spiro atoms. The molecular formula is C13H12FNO. The van der Waals surface area contributed by atoms with Gasteiger partial charge in [-0.25, -0.2) is 4.39 Å². The lowest BCUT2D eigenvalue weighted by molar-refractivity contribution is 0.111. The van der Waals surface area contributed by atoms with Crippen LogP contribution in [0.2, 0.25) is 0 Å². The summed E-state index contributed by atoms with van der Waals surface area (Å²) in [7, 11) is 0. The standard InChI is InChI=1S/C13H12FNO/c1-10(12-6-2-3-7-13(12)14)15-8-4-5-11(15)9-16/h2-10H,1H3. The molecule has 16 heavy (non-hydrogen) atoms. The van der Waals surface area contributed by atoms with Crippen molar-refractivity contribution in [1.29, 1.82) is 0 Å². The van der Waals surface area contributed by atoms with Crippen molar-refractivity contribution in [2.75, 3.05) is 0 Å². The molecule has 3 heteroatoms. The zero-order chi connectivity index (χ0) is 11.5. The van der Waals surface area contributed by atoms with Gasteiger partial charge >= 0.3 is 0 Å². The monoisotopic (exact) mass is 217 g/mol. The van der Waals surface area contributed by atoms with Gasteiger partial charge in [0.25, 0.3) is 0 Å². The van der Waals surface area contributed by atoms with Gasteiger partial charge in [0.2, 0.25) is 0 Å². The molecule has 0 saturated heterocycles. The first-order chi connectivity index (χ1) is 7.74. The van der Waals surface area contributed by atoms with Crippen LogP contribution in [0.5, 0.6) is 0 Å². The Bertz CT molecular complexity index is 504. The minimum Gasteiger partial charge on any atom is -0.338 e. The summed E-state index contributed by atoms with van der Waals surface area (Å²) in [4.78, 5) is 10.8. The number of rotatable bonds is 3. The van der Waals surface area contributed by atoms with Gasteiger partial charge in [-0.05, 0) is 25.1 Å². The summed E-state index contributed by atoms with van der Waals surface area (Å²) in [5, 5.41) is 0. The molecule has 2 nitrogen and oxygen atoms in total. The second kappa shape index (κ2) is 4.31. The van der Waals surface area contributed by atoms with Crippen molar-refractivity contribution in [2.24, 2.45) is 0 Å². The Morgan fingerprint density at radius 1 is 1.25 bits per heavy atom. The first-order valence-corrected chi connectivity index (χ1v) is 5.10. The largest absolute Gasteiger partial charge is 0.338 e. The molecule has 0 fully saturated rings. The zero-order valence-electron chi connectivity index (χ0n) is 8.93. The highest BCUT2D eigenvalue weighted by Crippen LogP contribution is 2.22. The minimum atomic E-state index is -0.249. The number of benzene rings is 1. The van der Waals surface area contributed by atoms with Crippen molar-refractivity contribution in [3.8, 4) is 0 Å². The van der Waals surface area contributed by atoms with Gasteiger partial charge in [-0.2, -0.15) is 0 Å². The number of hydrogen-bond acceptors (Lipinski definition) is 1. The van der Waals surface area contributed by atoms with Gasteiger partial charge in [0.1, 0.15) is 5.82 Å². The normalized spacial score (nSPS) is 12.4. The summed E-state index contributed by atoms with van der Waals surface area (Å²) in [5.41, 5.74) is 1.14. The predicted molar refractivity (Wildman–Crippen MR) is 60.0 cm³/mol. The van der Waals surface area contributed by atoms with Crippen LogP contribution >= 0.6 is 0 Å². The van der Waals surface area contributed by atoms with Crippen LogP contribution in [0, 0.1) is 5.82 Å². The van der Waals surface area contributed by atoms with Gasteiger partial charge in [0, 0.05) is 11.8 Å². The molecule has 1 aromatic heterocycles. The highest BCUT2D eigenvalue weighted by Gasteiger charge is 2.13. The number of carbonyl (C=O) groups is 1. The van der Waals surface area contributed by atoms with E-state index in [4.69, 9.17) is 0 Å². The quantitative estimate of drug-likeness (QED) is 0.724. The van der Waals surface area contributed by atoms with Gasteiger partial charge < -0.3 is 4.57 Å². The van der Waals surface area contributed by atoms with Crippen molar-refractivity contribution in [3.05, 3.63) is 59.7 Å². The van der Waals surface area contributed by atoms with E-state index in [2.05, 4.69) is 0 Å². The number of nitrogens with zero attached hydrogens (tertiary/aromatic N) is 1. The molecule has 1 unspecified atom stereocenters. The van der Waals surface area contributed by atoms with E-state index >= 15 is 0 Å². The second-order valence-electron chi connectivity index (χ2n) is 3.66. The maximum absolute atomic E-state index is 13.6. The smallest absolute Gasteiger partial charge is 0.166 e. The first kappa shape index (κ1) is 10.6. The maximum atomic E-state index is 13.6. The molecular weight excluding hydrogens is 205 g/mol. The molecule has 0 saturated carbocycles. The van der Waals surface area contributed by atoms with Crippen LogP contribution in [-0.4, -0.2) is 10.9 Å². The summed E-state index contributed by atoms with van der Waals surface area (Å²) in [6.45, 7) is 1.87. The summed E-state index contributed by atoms with van der Waals surface area (Å²) < 4.78 is 15.3. The zero-order valence-corrected chi connectivity index (χ0v) is 8.93. The van der Waals surface area contributed by atoms with Gasteiger partial charge in [-0.1, -0.05) is 18.2 Å². The lowest BCUT2D eigenvalue weighted by Gasteiger charge is -2.16. The SMILES string of the molecule is CC(c1ccccc1F)n1cccc1C=O. The predicted octanol–water partition coefficient (Wildman–Crippen LogP) is 3.05. The summed E-state index contributed by atoms with van der Waals surface area (Å²) in [6.07, 6.45) is 2.55. The van der Waals surface area contributed by atoms with Crippen molar-refractivity contribution in [1.82, 2.24) is 4.57 Å². The van der Waals surface area contributed by atoms with Crippen molar-refractivity contribution in [2.45, 2.75) is 13.0 Å². The third kappa shape index (κ3) is 1.76. The number of aldehydes is 1. The van der Waals surface area contributed by atoms with E-state index < -0.39 is 0 Å². The Morgan fingerprint density at radius 3 is 2.69 bits per heavy atom. The first-order valence-electron chi connectivity index (χ1n) is 5.10. The molecule has 1 aromatic carbocycles. The van der Waals surface area contributed by atoms with E-state index in [-0.39, 0.29) is 11.9 Å². The van der Waals surface area contributed by atoms with Gasteiger partial charge in [0.15, 0.2) is 6.29 Å². The number of aromatic nitrogens is 1. The van der Waals surface area contributed by atoms with E-state index in [1.165, 1.54) is 6.07 Å². The molecule has 0 bridgehead atoms. The average Bonchev–Trinajstić information content (AvgIpc) is 2.77. The third-order valence-corrected chi connectivity index (χ3v) is 2.71. The van der Waals surface area contributed by atoms with E-state index in [1.807, 2.05) is 6.92 Å². The van der Waals surface area contributed by atoms with E-state index in [9.17, 15) is 9.18 Å². The fourth-order valence-electron chi connectivity index (χ4n) is 1.82. The van der Waals surface area contributed by atoms with E-state index in [0.717, 1.165) is 6.29 Å². The summed E-state index contributed by atoms with van der Waals surface area (Å²) in [6, 6.07) is 9.91. The van der Waals surface area contributed by atoms with Crippen LogP contribution in [0.1, 0.15) is 29.0 Å². The van der Waals surface area contributed by atoms with Crippen molar-refractivity contribution >= 4 is 6.29 Å². The topological polar surface area (TPSA) is 22.0 Å². The van der Waals surface area contributed by atoms with E-state index in [1.54, 1.807) is 41.1 Å². The van der Waals surface area contributed by atoms with Crippen LogP contribution in [0.25, 0.3) is 0 Å². The molecule has 0 aliphatic rings. The Labute approximate surface area is 93.3 Å². The molecule has 0 aliphatic carbocycles. The molecule has 0 aliphatic heterocycles. The molecule has 1 heterocycles. The Kier molecular flexibility index (Phi) is 2.86. The van der Waals surface area contributed by atoms with Crippen LogP contribution in [0.15, 0.2) is 42.6 Å². The van der Waals surface area contributed by atoms with Crippen LogP contribution in [-0.2, 0) is 0 Å². The number of hydrogen-bond donors (Lipinski definition) is 0. The highest BCUT2D eigenvalue weighted by atomic mass is 19.1.